The summed E-state index contributed by atoms with van der Waals surface area (Å²) in [5.74, 6) is 0.366. The molecule has 3 rings (SSSR count). The lowest BCUT2D eigenvalue weighted by molar-refractivity contribution is -0.0870. The molecule has 0 amide bonds. The van der Waals surface area contributed by atoms with Gasteiger partial charge >= 0.3 is 0 Å². The van der Waals surface area contributed by atoms with Gasteiger partial charge in [0.15, 0.2) is 0 Å². The van der Waals surface area contributed by atoms with Gasteiger partial charge in [-0.2, -0.15) is 0 Å². The van der Waals surface area contributed by atoms with E-state index >= 15 is 0 Å². The van der Waals surface area contributed by atoms with Crippen LogP contribution in [0, 0.1) is 5.92 Å². The predicted molar refractivity (Wildman–Crippen MR) is 115 cm³/mol. The zero-order valence-electron chi connectivity index (χ0n) is 17.0. The van der Waals surface area contributed by atoms with Crippen molar-refractivity contribution in [1.29, 1.82) is 0 Å². The minimum absolute atomic E-state index is 0.0373. The Hall–Kier alpha value is -1.98. The van der Waals surface area contributed by atoms with Gasteiger partial charge in [0.1, 0.15) is 5.60 Å². The molecule has 29 heavy (non-hydrogen) atoms. The number of ether oxygens (including phenoxy) is 3. The van der Waals surface area contributed by atoms with E-state index in [9.17, 15) is 0 Å². The van der Waals surface area contributed by atoms with E-state index in [4.69, 9.17) is 19.3 Å². The number of aliphatic hydroxyl groups is 1. The maximum atomic E-state index is 8.75. The molecule has 0 aromatic heterocycles. The first kappa shape index (κ1) is 21.7. The Morgan fingerprint density at radius 2 is 1.34 bits per heavy atom. The molecule has 0 saturated heterocycles. The highest BCUT2D eigenvalue weighted by Gasteiger charge is 2.42. The summed E-state index contributed by atoms with van der Waals surface area (Å²) in [4.78, 5) is 0. The van der Waals surface area contributed by atoms with Gasteiger partial charge in [-0.05, 0) is 30.4 Å². The first-order valence-corrected chi connectivity index (χ1v) is 10.5. The summed E-state index contributed by atoms with van der Waals surface area (Å²) in [5, 5.41) is 8.75. The van der Waals surface area contributed by atoms with Gasteiger partial charge in [0.2, 0.25) is 0 Å². The number of allylic oxidation sites excluding steroid dienone is 2. The van der Waals surface area contributed by atoms with Crippen LogP contribution in [0.5, 0.6) is 0 Å². The Labute approximate surface area is 174 Å². The van der Waals surface area contributed by atoms with Crippen molar-refractivity contribution in [3.05, 3.63) is 83.9 Å². The zero-order valence-corrected chi connectivity index (χ0v) is 17.0. The average Bonchev–Trinajstić information content (AvgIpc) is 2.80. The van der Waals surface area contributed by atoms with Crippen molar-refractivity contribution < 1.29 is 19.3 Å². The molecule has 0 saturated carbocycles. The topological polar surface area (TPSA) is 47.9 Å². The molecule has 1 unspecified atom stereocenters. The normalized spacial score (nSPS) is 16.8. The fourth-order valence-corrected chi connectivity index (χ4v) is 4.11. The molecule has 0 radical (unpaired) electrons. The second kappa shape index (κ2) is 11.9. The third-order valence-electron chi connectivity index (χ3n) is 5.41. The Morgan fingerprint density at radius 1 is 0.759 bits per heavy atom. The van der Waals surface area contributed by atoms with Crippen molar-refractivity contribution in [2.45, 2.75) is 24.9 Å². The van der Waals surface area contributed by atoms with Gasteiger partial charge in [0.25, 0.3) is 0 Å². The minimum atomic E-state index is -0.496. The standard InChI is InChI=1S/C25H32O4/c26-16-17-27-18-19-28-20-21-29-25(22-10-4-1-5-11-22,23-12-6-2-7-13-23)24-14-8-3-9-15-24/h1-8,10-13,24,26H,9,14-21H2. The summed E-state index contributed by atoms with van der Waals surface area (Å²) in [6.45, 7) is 2.38. The van der Waals surface area contributed by atoms with Crippen molar-refractivity contribution >= 4 is 0 Å². The molecule has 1 atom stereocenters. The Bertz CT molecular complexity index is 675. The van der Waals surface area contributed by atoms with Crippen molar-refractivity contribution in [2.75, 3.05) is 39.6 Å². The lowest BCUT2D eigenvalue weighted by Gasteiger charge is -2.42. The monoisotopic (exact) mass is 396 g/mol. The number of rotatable bonds is 12. The van der Waals surface area contributed by atoms with Crippen molar-refractivity contribution in [1.82, 2.24) is 0 Å². The molecule has 0 heterocycles. The fourth-order valence-electron chi connectivity index (χ4n) is 4.11. The van der Waals surface area contributed by atoms with Crippen LogP contribution in [-0.4, -0.2) is 44.7 Å². The maximum absolute atomic E-state index is 8.75. The van der Waals surface area contributed by atoms with E-state index in [0.717, 1.165) is 19.3 Å². The van der Waals surface area contributed by atoms with E-state index in [2.05, 4.69) is 72.8 Å². The molecule has 4 heteroatoms. The second-order valence-corrected chi connectivity index (χ2v) is 7.25. The molecule has 1 aliphatic carbocycles. The van der Waals surface area contributed by atoms with Crippen molar-refractivity contribution in [3.8, 4) is 0 Å². The summed E-state index contributed by atoms with van der Waals surface area (Å²) in [5.41, 5.74) is 1.89. The Morgan fingerprint density at radius 3 is 1.90 bits per heavy atom. The third-order valence-corrected chi connectivity index (χ3v) is 5.41. The number of aliphatic hydroxyl groups excluding tert-OH is 1. The predicted octanol–water partition coefficient (Wildman–Crippen LogP) is 4.33. The van der Waals surface area contributed by atoms with E-state index in [1.54, 1.807) is 0 Å². The first-order chi connectivity index (χ1) is 14.4. The third kappa shape index (κ3) is 5.77. The van der Waals surface area contributed by atoms with Gasteiger partial charge in [0, 0.05) is 5.92 Å². The molecule has 4 nitrogen and oxygen atoms in total. The van der Waals surface area contributed by atoms with Gasteiger partial charge in [0.05, 0.1) is 39.6 Å². The van der Waals surface area contributed by atoms with Crippen LogP contribution >= 0.6 is 0 Å². The molecule has 156 valence electrons. The Kier molecular flexibility index (Phi) is 8.90. The highest BCUT2D eigenvalue weighted by molar-refractivity contribution is 5.38. The summed E-state index contributed by atoms with van der Waals surface area (Å²) in [6, 6.07) is 21.2. The molecule has 1 N–H and O–H groups in total. The zero-order chi connectivity index (χ0) is 20.2. The molecular formula is C25H32O4. The molecule has 0 bridgehead atoms. The SMILES string of the molecule is OCCOCCOCCOC(c1ccccc1)(c1ccccc1)C1CC=CCC1. The van der Waals surface area contributed by atoms with E-state index in [1.807, 2.05) is 0 Å². The number of benzene rings is 2. The minimum Gasteiger partial charge on any atom is -0.394 e. The summed E-state index contributed by atoms with van der Waals surface area (Å²) >= 11 is 0. The van der Waals surface area contributed by atoms with E-state index in [-0.39, 0.29) is 6.61 Å². The average molecular weight is 397 g/mol. The molecule has 2 aromatic rings. The van der Waals surface area contributed by atoms with Crippen LogP contribution in [0.25, 0.3) is 0 Å². The summed E-state index contributed by atoms with van der Waals surface area (Å²) in [7, 11) is 0. The maximum Gasteiger partial charge on any atom is 0.121 e. The summed E-state index contributed by atoms with van der Waals surface area (Å²) in [6.07, 6.45) is 7.73. The van der Waals surface area contributed by atoms with Gasteiger partial charge in [-0.25, -0.2) is 0 Å². The van der Waals surface area contributed by atoms with E-state index < -0.39 is 5.60 Å². The van der Waals surface area contributed by atoms with Gasteiger partial charge in [-0.1, -0.05) is 72.8 Å². The fraction of sp³-hybridized carbons (Fsp3) is 0.440. The van der Waals surface area contributed by atoms with Crippen LogP contribution in [-0.2, 0) is 19.8 Å². The number of hydrogen-bond donors (Lipinski definition) is 1. The van der Waals surface area contributed by atoms with Crippen LogP contribution in [0.4, 0.5) is 0 Å². The molecule has 0 spiro atoms. The quantitative estimate of drug-likeness (QED) is 0.429. The first-order valence-electron chi connectivity index (χ1n) is 10.5. The van der Waals surface area contributed by atoms with E-state index in [1.165, 1.54) is 11.1 Å². The van der Waals surface area contributed by atoms with E-state index in [0.29, 0.717) is 39.0 Å². The number of hydrogen-bond acceptors (Lipinski definition) is 4. The highest BCUT2D eigenvalue weighted by Crippen LogP contribution is 2.45. The van der Waals surface area contributed by atoms with Crippen LogP contribution in [0.2, 0.25) is 0 Å². The highest BCUT2D eigenvalue weighted by atomic mass is 16.6. The molecular weight excluding hydrogens is 364 g/mol. The molecule has 0 aliphatic heterocycles. The van der Waals surface area contributed by atoms with Gasteiger partial charge in [-0.15, -0.1) is 0 Å². The van der Waals surface area contributed by atoms with Gasteiger partial charge < -0.3 is 19.3 Å². The lowest BCUT2D eigenvalue weighted by Crippen LogP contribution is -2.41. The molecule has 2 aromatic carbocycles. The van der Waals surface area contributed by atoms with Gasteiger partial charge in [-0.3, -0.25) is 0 Å². The van der Waals surface area contributed by atoms with Crippen LogP contribution in [0.1, 0.15) is 30.4 Å². The van der Waals surface area contributed by atoms with Crippen molar-refractivity contribution in [3.63, 3.8) is 0 Å². The Balaban J connectivity index is 1.78. The van der Waals surface area contributed by atoms with Crippen LogP contribution in [0.15, 0.2) is 72.8 Å². The second-order valence-electron chi connectivity index (χ2n) is 7.25. The van der Waals surface area contributed by atoms with Crippen molar-refractivity contribution in [2.24, 2.45) is 5.92 Å². The van der Waals surface area contributed by atoms with Crippen LogP contribution in [0.3, 0.4) is 0 Å². The summed E-state index contributed by atoms with van der Waals surface area (Å²) < 4.78 is 17.7. The molecule has 1 aliphatic rings. The smallest absolute Gasteiger partial charge is 0.121 e. The van der Waals surface area contributed by atoms with Crippen LogP contribution < -0.4 is 0 Å². The molecule has 0 fully saturated rings. The lowest BCUT2D eigenvalue weighted by atomic mass is 9.71. The largest absolute Gasteiger partial charge is 0.394 e.